The Balaban J connectivity index is 1.78. The number of rotatable bonds is 7. The minimum Gasteiger partial charge on any atom is -0.444 e. The van der Waals surface area contributed by atoms with Crippen LogP contribution in [0.2, 0.25) is 0 Å². The molecule has 7 heteroatoms. The predicted octanol–water partition coefficient (Wildman–Crippen LogP) is 6.59. The fourth-order valence-corrected chi connectivity index (χ4v) is 7.12. The van der Waals surface area contributed by atoms with Crippen molar-refractivity contribution in [2.45, 2.75) is 75.2 Å². The first-order chi connectivity index (χ1) is 18.8. The molecule has 3 aromatic carbocycles. The van der Waals surface area contributed by atoms with Crippen LogP contribution in [0.15, 0.2) is 91.0 Å². The zero-order valence-electron chi connectivity index (χ0n) is 24.3. The van der Waals surface area contributed by atoms with Gasteiger partial charge in [0.25, 0.3) is 0 Å². The van der Waals surface area contributed by atoms with Gasteiger partial charge in [0, 0.05) is 6.54 Å². The average molecular weight is 564 g/mol. The SMILES string of the molecule is CC(C)(C)OC(=O)N1CC(S(=O)(=O)C(C)(C)C)CC1COC(c1ccccc1)(c1ccccc1)c1ccccc1. The van der Waals surface area contributed by atoms with E-state index < -0.39 is 43.2 Å². The number of carbonyl (C=O) groups excluding carboxylic acids is 1. The molecule has 0 saturated carbocycles. The lowest BCUT2D eigenvalue weighted by Crippen LogP contribution is -2.44. The van der Waals surface area contributed by atoms with Gasteiger partial charge in [0.15, 0.2) is 9.84 Å². The molecule has 0 aliphatic carbocycles. The van der Waals surface area contributed by atoms with Crippen LogP contribution < -0.4 is 0 Å². The summed E-state index contributed by atoms with van der Waals surface area (Å²) in [7, 11) is -3.53. The van der Waals surface area contributed by atoms with E-state index >= 15 is 0 Å². The summed E-state index contributed by atoms with van der Waals surface area (Å²) in [6, 6.07) is 29.5. The highest BCUT2D eigenvalue weighted by atomic mass is 32.2. The van der Waals surface area contributed by atoms with Crippen molar-refractivity contribution >= 4 is 15.9 Å². The number of likely N-dealkylation sites (tertiary alicyclic amines) is 1. The first-order valence-electron chi connectivity index (χ1n) is 13.8. The van der Waals surface area contributed by atoms with Crippen molar-refractivity contribution in [2.24, 2.45) is 0 Å². The summed E-state index contributed by atoms with van der Waals surface area (Å²) in [5.74, 6) is 0. The second-order valence-electron chi connectivity index (χ2n) is 12.4. The number of amides is 1. The summed E-state index contributed by atoms with van der Waals surface area (Å²) in [5, 5.41) is -0.715. The first kappa shape index (κ1) is 29.8. The van der Waals surface area contributed by atoms with Gasteiger partial charge >= 0.3 is 6.09 Å². The minimum absolute atomic E-state index is 0.0670. The van der Waals surface area contributed by atoms with Crippen molar-refractivity contribution < 1.29 is 22.7 Å². The van der Waals surface area contributed by atoms with Crippen LogP contribution in [0.25, 0.3) is 0 Å². The number of sulfone groups is 1. The highest BCUT2D eigenvalue weighted by Gasteiger charge is 2.48. The van der Waals surface area contributed by atoms with Crippen LogP contribution in [0.4, 0.5) is 4.79 Å². The number of ether oxygens (including phenoxy) is 2. The van der Waals surface area contributed by atoms with Crippen molar-refractivity contribution in [3.05, 3.63) is 108 Å². The van der Waals surface area contributed by atoms with Gasteiger partial charge in [0.2, 0.25) is 0 Å². The first-order valence-corrected chi connectivity index (χ1v) is 15.3. The number of carbonyl (C=O) groups is 1. The van der Waals surface area contributed by atoms with E-state index in [0.717, 1.165) is 16.7 Å². The minimum atomic E-state index is -3.53. The van der Waals surface area contributed by atoms with Crippen LogP contribution in [0.3, 0.4) is 0 Å². The highest BCUT2D eigenvalue weighted by Crippen LogP contribution is 2.41. The molecule has 40 heavy (non-hydrogen) atoms. The van der Waals surface area contributed by atoms with Gasteiger partial charge in [0.05, 0.1) is 22.6 Å². The molecule has 2 unspecified atom stereocenters. The van der Waals surface area contributed by atoms with Crippen LogP contribution in [0.1, 0.15) is 64.7 Å². The summed E-state index contributed by atoms with van der Waals surface area (Å²) in [5.41, 5.74) is 1.12. The molecule has 1 saturated heterocycles. The third-order valence-corrected chi connectivity index (χ3v) is 10.3. The van der Waals surface area contributed by atoms with Crippen molar-refractivity contribution in [3.63, 3.8) is 0 Å². The van der Waals surface area contributed by atoms with Gasteiger partial charge in [-0.3, -0.25) is 0 Å². The zero-order chi connectivity index (χ0) is 29.2. The van der Waals surface area contributed by atoms with Crippen molar-refractivity contribution in [3.8, 4) is 0 Å². The molecule has 1 amide bonds. The standard InChI is InChI=1S/C33H41NO5S/c1-31(2,3)39-30(35)34-23-29(40(36,37)32(4,5)6)22-28(34)24-38-33(25-16-10-7-11-17-25,26-18-12-8-13-19-26)27-20-14-9-15-21-27/h7-21,28-29H,22-24H2,1-6H3. The quantitative estimate of drug-likeness (QED) is 0.304. The molecule has 0 radical (unpaired) electrons. The Bertz CT molecular complexity index is 1280. The van der Waals surface area contributed by atoms with Gasteiger partial charge < -0.3 is 14.4 Å². The number of hydrogen-bond acceptors (Lipinski definition) is 5. The van der Waals surface area contributed by atoms with Crippen LogP contribution >= 0.6 is 0 Å². The van der Waals surface area contributed by atoms with E-state index in [-0.39, 0.29) is 19.6 Å². The summed E-state index contributed by atoms with van der Waals surface area (Å²) in [6.45, 7) is 10.7. The maximum Gasteiger partial charge on any atom is 0.410 e. The second kappa shape index (κ2) is 11.4. The van der Waals surface area contributed by atoms with Crippen molar-refractivity contribution in [2.75, 3.05) is 13.2 Å². The summed E-state index contributed by atoms with van der Waals surface area (Å²) in [4.78, 5) is 14.9. The molecular formula is C33H41NO5S. The highest BCUT2D eigenvalue weighted by molar-refractivity contribution is 7.93. The Labute approximate surface area is 239 Å². The number of hydrogen-bond donors (Lipinski definition) is 0. The second-order valence-corrected chi connectivity index (χ2v) is 15.4. The van der Waals surface area contributed by atoms with Gasteiger partial charge in [-0.1, -0.05) is 91.0 Å². The molecule has 1 heterocycles. The molecule has 1 aliphatic heterocycles. The molecule has 4 rings (SSSR count). The Kier molecular flexibility index (Phi) is 8.48. The fourth-order valence-electron chi connectivity index (χ4n) is 5.29. The summed E-state index contributed by atoms with van der Waals surface area (Å²) >= 11 is 0. The molecular weight excluding hydrogens is 522 g/mol. The van der Waals surface area contributed by atoms with Crippen LogP contribution in [0, 0.1) is 0 Å². The zero-order valence-corrected chi connectivity index (χ0v) is 25.1. The van der Waals surface area contributed by atoms with E-state index in [2.05, 4.69) is 0 Å². The van der Waals surface area contributed by atoms with E-state index in [0.29, 0.717) is 0 Å². The van der Waals surface area contributed by atoms with Crippen LogP contribution in [0.5, 0.6) is 0 Å². The van der Waals surface area contributed by atoms with E-state index in [1.165, 1.54) is 0 Å². The van der Waals surface area contributed by atoms with Crippen LogP contribution in [-0.4, -0.2) is 54.2 Å². The lowest BCUT2D eigenvalue weighted by Gasteiger charge is -2.38. The maximum atomic E-state index is 13.5. The Morgan fingerprint density at radius 3 is 1.57 bits per heavy atom. The topological polar surface area (TPSA) is 72.9 Å². The van der Waals surface area contributed by atoms with Crippen molar-refractivity contribution in [1.82, 2.24) is 4.90 Å². The Morgan fingerprint density at radius 1 is 0.775 bits per heavy atom. The van der Waals surface area contributed by atoms with E-state index in [1.54, 1.807) is 46.4 Å². The van der Waals surface area contributed by atoms with Crippen molar-refractivity contribution in [1.29, 1.82) is 0 Å². The smallest absolute Gasteiger partial charge is 0.410 e. The molecule has 0 bridgehead atoms. The molecule has 0 N–H and O–H groups in total. The third kappa shape index (κ3) is 6.11. The maximum absolute atomic E-state index is 13.5. The molecule has 214 valence electrons. The van der Waals surface area contributed by atoms with Gasteiger partial charge in [-0.2, -0.15) is 0 Å². The molecule has 0 spiro atoms. The van der Waals surface area contributed by atoms with E-state index in [9.17, 15) is 13.2 Å². The predicted molar refractivity (Wildman–Crippen MR) is 159 cm³/mol. The lowest BCUT2D eigenvalue weighted by atomic mass is 9.80. The fraction of sp³-hybridized carbons (Fsp3) is 0.424. The molecule has 3 aromatic rings. The average Bonchev–Trinajstić information content (AvgIpc) is 3.35. The molecule has 2 atom stereocenters. The molecule has 6 nitrogen and oxygen atoms in total. The summed E-state index contributed by atoms with van der Waals surface area (Å²) < 4.78 is 38.8. The lowest BCUT2D eigenvalue weighted by molar-refractivity contribution is -0.0251. The molecule has 1 fully saturated rings. The molecule has 0 aromatic heterocycles. The van der Waals surface area contributed by atoms with Crippen LogP contribution in [-0.2, 0) is 24.9 Å². The Morgan fingerprint density at radius 2 is 1.20 bits per heavy atom. The van der Waals surface area contributed by atoms with Gasteiger partial charge in [0.1, 0.15) is 11.2 Å². The van der Waals surface area contributed by atoms with Gasteiger partial charge in [-0.15, -0.1) is 0 Å². The normalized spacial score (nSPS) is 18.5. The van der Waals surface area contributed by atoms with Gasteiger partial charge in [-0.05, 0) is 64.7 Å². The largest absolute Gasteiger partial charge is 0.444 e. The summed E-state index contributed by atoms with van der Waals surface area (Å²) in [6.07, 6.45) is -0.259. The third-order valence-electron chi connectivity index (χ3n) is 7.33. The number of nitrogens with zero attached hydrogens (tertiary/aromatic N) is 1. The van der Waals surface area contributed by atoms with E-state index in [4.69, 9.17) is 9.47 Å². The molecule has 1 aliphatic rings. The Hall–Kier alpha value is -3.16. The van der Waals surface area contributed by atoms with E-state index in [1.807, 2.05) is 91.0 Å². The monoisotopic (exact) mass is 563 g/mol. The van der Waals surface area contributed by atoms with Gasteiger partial charge in [-0.25, -0.2) is 13.2 Å². The number of benzene rings is 3.